The molecular weight excluding hydrogens is 356 g/mol. The fraction of sp³-hybridized carbons (Fsp3) is 0.381. The molecule has 2 N–H and O–H groups in total. The highest BCUT2D eigenvalue weighted by Gasteiger charge is 2.16. The summed E-state index contributed by atoms with van der Waals surface area (Å²) in [7, 11) is 3.16. The second kappa shape index (κ2) is 9.85. The van der Waals surface area contributed by atoms with E-state index in [2.05, 4.69) is 44.7 Å². The number of piperazine rings is 1. The van der Waals surface area contributed by atoms with Gasteiger partial charge < -0.3 is 25.0 Å². The van der Waals surface area contributed by atoms with E-state index < -0.39 is 0 Å². The zero-order chi connectivity index (χ0) is 19.8. The van der Waals surface area contributed by atoms with Crippen LogP contribution in [0.25, 0.3) is 0 Å². The van der Waals surface area contributed by atoms with Crippen molar-refractivity contribution in [2.75, 3.05) is 63.7 Å². The zero-order valence-electron chi connectivity index (χ0n) is 16.5. The summed E-state index contributed by atoms with van der Waals surface area (Å²) >= 11 is 0. The molecule has 0 aliphatic carbocycles. The molecule has 1 heterocycles. The van der Waals surface area contributed by atoms with Gasteiger partial charge in [-0.25, -0.2) is 4.79 Å². The van der Waals surface area contributed by atoms with Crippen molar-refractivity contribution in [3.05, 3.63) is 48.5 Å². The van der Waals surface area contributed by atoms with Crippen molar-refractivity contribution in [1.29, 1.82) is 0 Å². The Kier molecular flexibility index (Phi) is 6.97. The van der Waals surface area contributed by atoms with Gasteiger partial charge in [-0.3, -0.25) is 4.90 Å². The molecule has 150 valence electrons. The van der Waals surface area contributed by atoms with Gasteiger partial charge in [-0.1, -0.05) is 18.2 Å². The fourth-order valence-corrected chi connectivity index (χ4v) is 3.25. The molecule has 1 aliphatic rings. The van der Waals surface area contributed by atoms with Crippen molar-refractivity contribution in [1.82, 2.24) is 10.2 Å². The molecule has 1 saturated heterocycles. The maximum absolute atomic E-state index is 12.2. The standard InChI is InChI=1S/C21H28N4O3/c1-27-19-14-17(15-20(16-19)28-2)23-21(26)22-8-9-24-10-12-25(13-11-24)18-6-4-3-5-7-18/h3-7,14-16H,8-13H2,1-2H3,(H2,22,23,26). The molecule has 0 unspecified atom stereocenters. The van der Waals surface area contributed by atoms with Crippen molar-refractivity contribution in [3.8, 4) is 11.5 Å². The summed E-state index contributed by atoms with van der Waals surface area (Å²) in [6.45, 7) is 5.41. The van der Waals surface area contributed by atoms with Crippen molar-refractivity contribution in [2.24, 2.45) is 0 Å². The van der Waals surface area contributed by atoms with Crippen LogP contribution in [0.5, 0.6) is 11.5 Å². The first-order valence-corrected chi connectivity index (χ1v) is 9.48. The third-order valence-corrected chi connectivity index (χ3v) is 4.82. The molecule has 0 bridgehead atoms. The number of ether oxygens (including phenoxy) is 2. The molecule has 1 aliphatic heterocycles. The Balaban J connectivity index is 1.39. The Morgan fingerprint density at radius 1 is 0.964 bits per heavy atom. The zero-order valence-corrected chi connectivity index (χ0v) is 16.5. The number of hydrogen-bond acceptors (Lipinski definition) is 5. The van der Waals surface area contributed by atoms with E-state index in [1.165, 1.54) is 5.69 Å². The molecule has 2 aromatic carbocycles. The maximum atomic E-state index is 12.2. The van der Waals surface area contributed by atoms with Crippen molar-refractivity contribution < 1.29 is 14.3 Å². The average molecular weight is 384 g/mol. The van der Waals surface area contributed by atoms with Crippen LogP contribution in [-0.4, -0.2) is 64.4 Å². The van der Waals surface area contributed by atoms with E-state index in [9.17, 15) is 4.79 Å². The Bertz CT molecular complexity index is 739. The number of amides is 2. The van der Waals surface area contributed by atoms with Crippen LogP contribution < -0.4 is 25.0 Å². The molecule has 0 spiro atoms. The summed E-state index contributed by atoms with van der Waals surface area (Å²) in [5.74, 6) is 1.26. The quantitative estimate of drug-likeness (QED) is 0.768. The van der Waals surface area contributed by atoms with E-state index in [4.69, 9.17) is 9.47 Å². The third kappa shape index (κ3) is 5.53. The van der Waals surface area contributed by atoms with Gasteiger partial charge in [0.2, 0.25) is 0 Å². The SMILES string of the molecule is COc1cc(NC(=O)NCCN2CCN(c3ccccc3)CC2)cc(OC)c1. The van der Waals surface area contributed by atoms with Gasteiger partial charge in [-0.2, -0.15) is 0 Å². The number of anilines is 2. The van der Waals surface area contributed by atoms with Gasteiger partial charge in [0, 0.05) is 68.8 Å². The minimum absolute atomic E-state index is 0.238. The lowest BCUT2D eigenvalue weighted by Crippen LogP contribution is -2.48. The maximum Gasteiger partial charge on any atom is 0.319 e. The predicted molar refractivity (Wildman–Crippen MR) is 112 cm³/mol. The van der Waals surface area contributed by atoms with Gasteiger partial charge in [0.1, 0.15) is 11.5 Å². The lowest BCUT2D eigenvalue weighted by Gasteiger charge is -2.36. The minimum Gasteiger partial charge on any atom is -0.497 e. The highest BCUT2D eigenvalue weighted by molar-refractivity contribution is 5.89. The Morgan fingerprint density at radius 2 is 1.61 bits per heavy atom. The number of hydrogen-bond donors (Lipinski definition) is 2. The molecule has 0 atom stereocenters. The first-order valence-electron chi connectivity index (χ1n) is 9.48. The van der Waals surface area contributed by atoms with Crippen molar-refractivity contribution in [3.63, 3.8) is 0 Å². The van der Waals surface area contributed by atoms with Crippen LogP contribution in [0.1, 0.15) is 0 Å². The first-order chi connectivity index (χ1) is 13.7. The topological polar surface area (TPSA) is 66.1 Å². The van der Waals surface area contributed by atoms with Gasteiger partial charge in [0.05, 0.1) is 14.2 Å². The largest absolute Gasteiger partial charge is 0.497 e. The van der Waals surface area contributed by atoms with Gasteiger partial charge in [-0.15, -0.1) is 0 Å². The second-order valence-corrected chi connectivity index (χ2v) is 6.65. The summed E-state index contributed by atoms with van der Waals surface area (Å²) < 4.78 is 10.4. The monoisotopic (exact) mass is 384 g/mol. The van der Waals surface area contributed by atoms with Crippen LogP contribution in [0.4, 0.5) is 16.2 Å². The number of nitrogens with one attached hydrogen (secondary N) is 2. The molecule has 0 aromatic heterocycles. The van der Waals surface area contributed by atoms with E-state index in [-0.39, 0.29) is 6.03 Å². The molecule has 3 rings (SSSR count). The fourth-order valence-electron chi connectivity index (χ4n) is 3.25. The summed E-state index contributed by atoms with van der Waals surface area (Å²) in [6.07, 6.45) is 0. The molecule has 7 nitrogen and oxygen atoms in total. The number of carbonyl (C=O) groups is 1. The predicted octanol–water partition coefficient (Wildman–Crippen LogP) is 2.65. The average Bonchev–Trinajstić information content (AvgIpc) is 2.74. The highest BCUT2D eigenvalue weighted by atomic mass is 16.5. The van der Waals surface area contributed by atoms with Gasteiger partial charge in [0.15, 0.2) is 0 Å². The van der Waals surface area contributed by atoms with E-state index in [0.29, 0.717) is 23.7 Å². The number of rotatable bonds is 7. The number of para-hydroxylation sites is 1. The molecule has 2 amide bonds. The van der Waals surface area contributed by atoms with Gasteiger partial charge in [-0.05, 0) is 12.1 Å². The van der Waals surface area contributed by atoms with Gasteiger partial charge >= 0.3 is 6.03 Å². The minimum atomic E-state index is -0.238. The molecule has 0 radical (unpaired) electrons. The Morgan fingerprint density at radius 3 is 2.21 bits per heavy atom. The van der Waals surface area contributed by atoms with Crippen LogP contribution in [0.3, 0.4) is 0 Å². The third-order valence-electron chi connectivity index (χ3n) is 4.82. The van der Waals surface area contributed by atoms with Gasteiger partial charge in [0.25, 0.3) is 0 Å². The summed E-state index contributed by atoms with van der Waals surface area (Å²) in [4.78, 5) is 16.9. The molecule has 1 fully saturated rings. The Labute approximate surface area is 166 Å². The lowest BCUT2D eigenvalue weighted by molar-refractivity contribution is 0.240. The van der Waals surface area contributed by atoms with E-state index in [0.717, 1.165) is 32.7 Å². The molecule has 0 saturated carbocycles. The molecule has 7 heteroatoms. The molecular formula is C21H28N4O3. The second-order valence-electron chi connectivity index (χ2n) is 6.65. The van der Waals surface area contributed by atoms with E-state index in [1.54, 1.807) is 32.4 Å². The van der Waals surface area contributed by atoms with Crippen LogP contribution in [0.15, 0.2) is 48.5 Å². The van der Waals surface area contributed by atoms with E-state index in [1.807, 2.05) is 6.07 Å². The normalized spacial score (nSPS) is 14.4. The van der Waals surface area contributed by atoms with Crippen LogP contribution >= 0.6 is 0 Å². The number of carbonyl (C=O) groups excluding carboxylic acids is 1. The molecule has 2 aromatic rings. The van der Waals surface area contributed by atoms with Crippen LogP contribution in [-0.2, 0) is 0 Å². The van der Waals surface area contributed by atoms with Crippen LogP contribution in [0.2, 0.25) is 0 Å². The number of urea groups is 1. The van der Waals surface area contributed by atoms with Crippen molar-refractivity contribution in [2.45, 2.75) is 0 Å². The first kappa shape index (κ1) is 19.8. The summed E-state index contributed by atoms with van der Waals surface area (Å²) in [5.41, 5.74) is 1.90. The molecule has 28 heavy (non-hydrogen) atoms. The summed E-state index contributed by atoms with van der Waals surface area (Å²) in [5, 5.41) is 5.73. The number of methoxy groups -OCH3 is 2. The van der Waals surface area contributed by atoms with E-state index >= 15 is 0 Å². The smallest absolute Gasteiger partial charge is 0.319 e. The van der Waals surface area contributed by atoms with Crippen molar-refractivity contribution >= 4 is 17.4 Å². The lowest BCUT2D eigenvalue weighted by atomic mass is 10.2. The number of nitrogens with zero attached hydrogens (tertiary/aromatic N) is 2. The summed E-state index contributed by atoms with van der Waals surface area (Å²) in [6, 6.07) is 15.5. The van der Waals surface area contributed by atoms with Crippen LogP contribution in [0, 0.1) is 0 Å². The Hall–Kier alpha value is -2.93. The highest BCUT2D eigenvalue weighted by Crippen LogP contribution is 2.25. The number of benzene rings is 2.